The Kier molecular flexibility index (Phi) is 8.43. The van der Waals surface area contributed by atoms with E-state index in [4.69, 9.17) is 9.47 Å². The first kappa shape index (κ1) is 18.3. The van der Waals surface area contributed by atoms with Crippen LogP contribution in [0.4, 0.5) is 0 Å². The van der Waals surface area contributed by atoms with Gasteiger partial charge in [-0.1, -0.05) is 13.8 Å². The van der Waals surface area contributed by atoms with Gasteiger partial charge in [-0.2, -0.15) is 0 Å². The van der Waals surface area contributed by atoms with Gasteiger partial charge in [-0.05, 0) is 26.7 Å². The fourth-order valence-corrected chi connectivity index (χ4v) is 1.09. The third-order valence-electron chi connectivity index (χ3n) is 2.80. The van der Waals surface area contributed by atoms with Gasteiger partial charge in [-0.3, -0.25) is 9.59 Å². The minimum atomic E-state index is -0.970. The standard InChI is InChI=1S/C14H22O6/c1-5-9(3)19-13(17)11(15)7-8-12(16)14(18)20-10(4)6-2/h9-10H,5-8H2,1-4H3. The predicted molar refractivity (Wildman–Crippen MR) is 70.9 cm³/mol. The fraction of sp³-hybridized carbons (Fsp3) is 0.714. The monoisotopic (exact) mass is 286 g/mol. The van der Waals surface area contributed by atoms with Crippen molar-refractivity contribution in [2.24, 2.45) is 0 Å². The molecular weight excluding hydrogens is 264 g/mol. The van der Waals surface area contributed by atoms with Crippen molar-refractivity contribution in [3.63, 3.8) is 0 Å². The van der Waals surface area contributed by atoms with E-state index in [1.54, 1.807) is 13.8 Å². The average molecular weight is 286 g/mol. The van der Waals surface area contributed by atoms with Crippen LogP contribution in [0.15, 0.2) is 0 Å². The van der Waals surface area contributed by atoms with Crippen LogP contribution < -0.4 is 0 Å². The largest absolute Gasteiger partial charge is 0.457 e. The van der Waals surface area contributed by atoms with E-state index < -0.39 is 23.5 Å². The summed E-state index contributed by atoms with van der Waals surface area (Å²) in [6.07, 6.45) is -0.193. The zero-order chi connectivity index (χ0) is 15.7. The van der Waals surface area contributed by atoms with Crippen LogP contribution in [0, 0.1) is 0 Å². The third-order valence-corrected chi connectivity index (χ3v) is 2.80. The van der Waals surface area contributed by atoms with Gasteiger partial charge in [-0.25, -0.2) is 9.59 Å². The Morgan fingerprint density at radius 2 is 1.05 bits per heavy atom. The van der Waals surface area contributed by atoms with E-state index in [2.05, 4.69) is 0 Å². The smallest absolute Gasteiger partial charge is 0.374 e. The molecule has 114 valence electrons. The van der Waals surface area contributed by atoms with Crippen molar-refractivity contribution < 1.29 is 28.7 Å². The second-order valence-electron chi connectivity index (χ2n) is 4.59. The van der Waals surface area contributed by atoms with E-state index in [-0.39, 0.29) is 25.0 Å². The molecule has 0 rings (SSSR count). The molecule has 0 N–H and O–H groups in total. The van der Waals surface area contributed by atoms with Crippen LogP contribution in [0.1, 0.15) is 53.4 Å². The van der Waals surface area contributed by atoms with Crippen LogP contribution in [0.2, 0.25) is 0 Å². The van der Waals surface area contributed by atoms with Crippen molar-refractivity contribution in [1.29, 1.82) is 0 Å². The molecule has 6 heteroatoms. The van der Waals surface area contributed by atoms with E-state index in [9.17, 15) is 19.2 Å². The van der Waals surface area contributed by atoms with E-state index in [1.165, 1.54) is 0 Å². The summed E-state index contributed by atoms with van der Waals surface area (Å²) >= 11 is 0. The number of rotatable bonds is 9. The molecule has 0 aromatic carbocycles. The van der Waals surface area contributed by atoms with Crippen LogP contribution in [-0.2, 0) is 28.7 Å². The lowest BCUT2D eigenvalue weighted by atomic mass is 10.1. The van der Waals surface area contributed by atoms with Gasteiger partial charge in [0.15, 0.2) is 0 Å². The van der Waals surface area contributed by atoms with Crippen molar-refractivity contribution in [2.45, 2.75) is 65.6 Å². The summed E-state index contributed by atoms with van der Waals surface area (Å²) in [6.45, 7) is 6.97. The molecule has 0 aliphatic heterocycles. The van der Waals surface area contributed by atoms with Crippen molar-refractivity contribution in [3.8, 4) is 0 Å². The molecule has 0 spiro atoms. The molecule has 0 saturated carbocycles. The number of esters is 2. The molecule has 2 unspecified atom stereocenters. The maximum Gasteiger partial charge on any atom is 0.374 e. The zero-order valence-electron chi connectivity index (χ0n) is 12.4. The topological polar surface area (TPSA) is 86.7 Å². The first-order valence-electron chi connectivity index (χ1n) is 6.79. The van der Waals surface area contributed by atoms with Crippen molar-refractivity contribution in [2.75, 3.05) is 0 Å². The van der Waals surface area contributed by atoms with Crippen LogP contribution in [-0.4, -0.2) is 35.7 Å². The summed E-state index contributed by atoms with van der Waals surface area (Å²) in [5, 5.41) is 0. The van der Waals surface area contributed by atoms with Gasteiger partial charge in [0.2, 0.25) is 11.6 Å². The second-order valence-corrected chi connectivity index (χ2v) is 4.59. The molecule has 2 atom stereocenters. The molecule has 0 saturated heterocycles. The summed E-state index contributed by atoms with van der Waals surface area (Å²) in [5.74, 6) is -3.56. The maximum absolute atomic E-state index is 11.4. The molecule has 0 aromatic rings. The van der Waals surface area contributed by atoms with Crippen LogP contribution in [0.5, 0.6) is 0 Å². The predicted octanol–water partition coefficient (Wildman–Crippen LogP) is 1.59. The van der Waals surface area contributed by atoms with Gasteiger partial charge < -0.3 is 9.47 Å². The van der Waals surface area contributed by atoms with Crippen molar-refractivity contribution in [3.05, 3.63) is 0 Å². The first-order valence-corrected chi connectivity index (χ1v) is 6.79. The lowest BCUT2D eigenvalue weighted by Gasteiger charge is -2.10. The van der Waals surface area contributed by atoms with E-state index in [0.29, 0.717) is 12.8 Å². The van der Waals surface area contributed by atoms with Gasteiger partial charge in [0.1, 0.15) is 0 Å². The Morgan fingerprint density at radius 3 is 1.30 bits per heavy atom. The highest BCUT2D eigenvalue weighted by Crippen LogP contribution is 2.03. The number of carbonyl (C=O) groups is 4. The minimum absolute atomic E-state index is 0.344. The molecule has 0 fully saturated rings. The molecular formula is C14H22O6. The molecule has 6 nitrogen and oxygen atoms in total. The van der Waals surface area contributed by atoms with Gasteiger partial charge >= 0.3 is 11.9 Å². The molecule has 0 radical (unpaired) electrons. The zero-order valence-corrected chi connectivity index (χ0v) is 12.4. The van der Waals surface area contributed by atoms with Gasteiger partial charge in [-0.15, -0.1) is 0 Å². The quantitative estimate of drug-likeness (QED) is 0.472. The number of ether oxygens (including phenoxy) is 2. The van der Waals surface area contributed by atoms with Crippen LogP contribution in [0.25, 0.3) is 0 Å². The Labute approximate surface area is 118 Å². The number of ketones is 2. The summed E-state index contributed by atoms with van der Waals surface area (Å²) in [4.78, 5) is 45.5. The first-order chi connectivity index (χ1) is 9.31. The number of carbonyl (C=O) groups excluding carboxylic acids is 4. The summed E-state index contributed by atoms with van der Waals surface area (Å²) in [6, 6.07) is 0. The van der Waals surface area contributed by atoms with E-state index in [1.807, 2.05) is 13.8 Å². The summed E-state index contributed by atoms with van der Waals surface area (Å²) < 4.78 is 9.64. The molecule has 0 heterocycles. The highest BCUT2D eigenvalue weighted by atomic mass is 16.6. The maximum atomic E-state index is 11.4. The normalized spacial score (nSPS) is 13.2. The Balaban J connectivity index is 4.14. The summed E-state index contributed by atoms with van der Waals surface area (Å²) in [7, 11) is 0. The highest BCUT2D eigenvalue weighted by molar-refractivity contribution is 6.37. The Hall–Kier alpha value is -1.72. The highest BCUT2D eigenvalue weighted by Gasteiger charge is 2.23. The Bertz CT molecular complexity index is 338. The molecule has 0 aliphatic carbocycles. The fourth-order valence-electron chi connectivity index (χ4n) is 1.09. The number of hydrogen-bond acceptors (Lipinski definition) is 6. The average Bonchev–Trinajstić information content (AvgIpc) is 2.43. The van der Waals surface area contributed by atoms with Crippen LogP contribution >= 0.6 is 0 Å². The van der Waals surface area contributed by atoms with Crippen LogP contribution in [0.3, 0.4) is 0 Å². The summed E-state index contributed by atoms with van der Waals surface area (Å²) in [5.41, 5.74) is 0. The molecule has 0 aliphatic rings. The minimum Gasteiger partial charge on any atom is -0.457 e. The van der Waals surface area contributed by atoms with Crippen molar-refractivity contribution >= 4 is 23.5 Å². The molecule has 0 amide bonds. The molecule has 20 heavy (non-hydrogen) atoms. The SMILES string of the molecule is CCC(C)OC(=O)C(=O)CCC(=O)C(=O)OC(C)CC. The Morgan fingerprint density at radius 1 is 0.750 bits per heavy atom. The third kappa shape index (κ3) is 7.01. The molecule has 0 bridgehead atoms. The van der Waals surface area contributed by atoms with Gasteiger partial charge in [0.25, 0.3) is 0 Å². The molecule has 0 aromatic heterocycles. The number of hydrogen-bond donors (Lipinski definition) is 0. The van der Waals surface area contributed by atoms with Crippen molar-refractivity contribution in [1.82, 2.24) is 0 Å². The van der Waals surface area contributed by atoms with Gasteiger partial charge in [0, 0.05) is 12.8 Å². The lowest BCUT2D eigenvalue weighted by molar-refractivity contribution is -0.159. The lowest BCUT2D eigenvalue weighted by Crippen LogP contribution is -2.26. The van der Waals surface area contributed by atoms with E-state index in [0.717, 1.165) is 0 Å². The van der Waals surface area contributed by atoms with E-state index >= 15 is 0 Å². The number of Topliss-reactive ketones (excluding diaryl/α,β-unsaturated/α-hetero) is 2. The second kappa shape index (κ2) is 9.23. The van der Waals surface area contributed by atoms with Gasteiger partial charge in [0.05, 0.1) is 12.2 Å².